The molecule has 1 heterocycles. The van der Waals surface area contributed by atoms with Gasteiger partial charge in [0.2, 0.25) is 10.0 Å². The van der Waals surface area contributed by atoms with Crippen LogP contribution < -0.4 is 0 Å². The number of sulfonamides is 1. The number of hydrogen-bond donors (Lipinski definition) is 1. The summed E-state index contributed by atoms with van der Waals surface area (Å²) < 4.78 is 30.8. The van der Waals surface area contributed by atoms with Crippen molar-refractivity contribution in [1.82, 2.24) is 4.31 Å². The van der Waals surface area contributed by atoms with Crippen molar-refractivity contribution in [1.29, 1.82) is 0 Å². The van der Waals surface area contributed by atoms with Crippen LogP contribution in [-0.2, 0) is 19.6 Å². The van der Waals surface area contributed by atoms with Gasteiger partial charge in [0.15, 0.2) is 0 Å². The maximum absolute atomic E-state index is 12.8. The summed E-state index contributed by atoms with van der Waals surface area (Å²) in [4.78, 5) is 32.5. The first-order chi connectivity index (χ1) is 11.2. The van der Waals surface area contributed by atoms with E-state index >= 15 is 0 Å². The molecule has 1 saturated heterocycles. The van der Waals surface area contributed by atoms with Gasteiger partial charge in [-0.1, -0.05) is 0 Å². The van der Waals surface area contributed by atoms with Gasteiger partial charge in [-0.15, -0.1) is 0 Å². The second-order valence-electron chi connectivity index (χ2n) is 5.04. The molecule has 1 aliphatic heterocycles. The molecule has 1 N–H and O–H groups in total. The van der Waals surface area contributed by atoms with Crippen LogP contribution in [0.2, 0.25) is 0 Å². The van der Waals surface area contributed by atoms with Gasteiger partial charge in [0.25, 0.3) is 5.69 Å². The highest BCUT2D eigenvalue weighted by Crippen LogP contribution is 2.30. The van der Waals surface area contributed by atoms with Crippen LogP contribution in [0.1, 0.15) is 23.2 Å². The minimum Gasteiger partial charge on any atom is -0.480 e. The molecule has 1 aliphatic rings. The lowest BCUT2D eigenvalue weighted by Crippen LogP contribution is -2.40. The highest BCUT2D eigenvalue weighted by atomic mass is 32.2. The molecule has 0 aliphatic carbocycles. The summed E-state index contributed by atoms with van der Waals surface area (Å²) in [5.41, 5.74) is -0.925. The van der Waals surface area contributed by atoms with Gasteiger partial charge in [0, 0.05) is 18.7 Å². The molecule has 1 fully saturated rings. The van der Waals surface area contributed by atoms with Gasteiger partial charge in [0.05, 0.1) is 17.6 Å². The third-order valence-electron chi connectivity index (χ3n) is 3.66. The van der Waals surface area contributed by atoms with Gasteiger partial charge in [-0.25, -0.2) is 13.2 Å². The summed E-state index contributed by atoms with van der Waals surface area (Å²) in [5.74, 6) is -2.31. The Kier molecular flexibility index (Phi) is 4.85. The number of benzene rings is 1. The van der Waals surface area contributed by atoms with E-state index in [1.807, 2.05) is 0 Å². The molecule has 1 aromatic rings. The summed E-state index contributed by atoms with van der Waals surface area (Å²) in [6.07, 6.45) is 0.454. The van der Waals surface area contributed by atoms with Crippen molar-refractivity contribution in [3.8, 4) is 0 Å². The van der Waals surface area contributed by atoms with Gasteiger partial charge in [-0.2, -0.15) is 4.31 Å². The van der Waals surface area contributed by atoms with E-state index in [0.29, 0.717) is 6.42 Å². The zero-order valence-electron chi connectivity index (χ0n) is 12.5. The molecule has 1 atom stereocenters. The molecule has 0 aromatic heterocycles. The molecule has 130 valence electrons. The zero-order valence-corrected chi connectivity index (χ0v) is 13.4. The molecular formula is C13H14N2O8S. The highest BCUT2D eigenvalue weighted by molar-refractivity contribution is 7.89. The van der Waals surface area contributed by atoms with Crippen LogP contribution in [0.3, 0.4) is 0 Å². The Hall–Kier alpha value is -2.53. The van der Waals surface area contributed by atoms with E-state index in [-0.39, 0.29) is 18.5 Å². The number of methoxy groups -OCH3 is 1. The fourth-order valence-corrected chi connectivity index (χ4v) is 4.37. The predicted molar refractivity (Wildman–Crippen MR) is 79.0 cm³/mol. The maximum Gasteiger partial charge on any atom is 0.339 e. The molecule has 1 aromatic carbocycles. The summed E-state index contributed by atoms with van der Waals surface area (Å²) >= 11 is 0. The highest BCUT2D eigenvalue weighted by Gasteiger charge is 2.41. The van der Waals surface area contributed by atoms with Crippen molar-refractivity contribution in [2.45, 2.75) is 23.8 Å². The lowest BCUT2D eigenvalue weighted by atomic mass is 10.2. The average Bonchev–Trinajstić information content (AvgIpc) is 3.04. The Morgan fingerprint density at radius 2 is 2.08 bits per heavy atom. The van der Waals surface area contributed by atoms with Crippen LogP contribution in [0.15, 0.2) is 23.1 Å². The smallest absolute Gasteiger partial charge is 0.339 e. The largest absolute Gasteiger partial charge is 0.480 e. The van der Waals surface area contributed by atoms with E-state index < -0.39 is 43.5 Å². The van der Waals surface area contributed by atoms with Gasteiger partial charge >= 0.3 is 11.9 Å². The van der Waals surface area contributed by atoms with Gasteiger partial charge in [-0.05, 0) is 18.9 Å². The molecule has 1 unspecified atom stereocenters. The van der Waals surface area contributed by atoms with Crippen molar-refractivity contribution in [3.05, 3.63) is 33.9 Å². The normalized spacial score (nSPS) is 18.3. The number of aliphatic carboxylic acids is 1. The van der Waals surface area contributed by atoms with Crippen LogP contribution in [0, 0.1) is 10.1 Å². The summed E-state index contributed by atoms with van der Waals surface area (Å²) in [5, 5.41) is 20.1. The third kappa shape index (κ3) is 3.08. The fraction of sp³-hybridized carbons (Fsp3) is 0.385. The summed E-state index contributed by atoms with van der Waals surface area (Å²) in [7, 11) is -3.39. The van der Waals surface area contributed by atoms with Crippen molar-refractivity contribution in [3.63, 3.8) is 0 Å². The average molecular weight is 358 g/mol. The molecular weight excluding hydrogens is 344 g/mol. The number of nitrogens with zero attached hydrogens (tertiary/aromatic N) is 2. The molecule has 0 amide bonds. The van der Waals surface area contributed by atoms with Gasteiger partial charge in [0.1, 0.15) is 10.9 Å². The molecule has 0 radical (unpaired) electrons. The summed E-state index contributed by atoms with van der Waals surface area (Å²) in [6.45, 7) is -0.0530. The van der Waals surface area contributed by atoms with Crippen molar-refractivity contribution in [2.24, 2.45) is 0 Å². The SMILES string of the molecule is COC(=O)c1ccc([N+](=O)[O-])cc1S(=O)(=O)N1CCCC1C(=O)O. The van der Waals surface area contributed by atoms with E-state index in [1.54, 1.807) is 0 Å². The zero-order chi connectivity index (χ0) is 18.1. The van der Waals surface area contributed by atoms with Crippen LogP contribution in [-0.4, -0.2) is 54.4 Å². The topological polar surface area (TPSA) is 144 Å². The number of ether oxygens (including phenoxy) is 1. The molecule has 0 saturated carbocycles. The van der Waals surface area contributed by atoms with Crippen LogP contribution >= 0.6 is 0 Å². The number of nitro groups is 1. The monoisotopic (exact) mass is 358 g/mol. The first kappa shape index (κ1) is 17.8. The molecule has 0 bridgehead atoms. The first-order valence-electron chi connectivity index (χ1n) is 6.81. The van der Waals surface area contributed by atoms with E-state index in [9.17, 15) is 28.1 Å². The number of carbonyl (C=O) groups excluding carboxylic acids is 1. The van der Waals surface area contributed by atoms with E-state index in [1.165, 1.54) is 0 Å². The van der Waals surface area contributed by atoms with Crippen LogP contribution in [0.5, 0.6) is 0 Å². The minimum absolute atomic E-state index is 0.0530. The van der Waals surface area contributed by atoms with Crippen molar-refractivity contribution in [2.75, 3.05) is 13.7 Å². The first-order valence-corrected chi connectivity index (χ1v) is 8.25. The van der Waals surface area contributed by atoms with E-state index in [0.717, 1.165) is 29.6 Å². The van der Waals surface area contributed by atoms with E-state index in [4.69, 9.17) is 5.11 Å². The number of esters is 1. The number of hydrogen-bond acceptors (Lipinski definition) is 7. The number of carboxylic acids is 1. The number of carboxylic acid groups (broad SMARTS) is 1. The van der Waals surface area contributed by atoms with Crippen LogP contribution in [0.25, 0.3) is 0 Å². The molecule has 0 spiro atoms. The Morgan fingerprint density at radius 3 is 2.62 bits per heavy atom. The number of rotatable bonds is 5. The predicted octanol–water partition coefficient (Wildman–Crippen LogP) is 0.619. The second kappa shape index (κ2) is 6.53. The Labute approximate surface area is 136 Å². The quantitative estimate of drug-likeness (QED) is 0.458. The second-order valence-corrected chi connectivity index (χ2v) is 6.90. The van der Waals surface area contributed by atoms with Gasteiger partial charge < -0.3 is 9.84 Å². The van der Waals surface area contributed by atoms with Gasteiger partial charge in [-0.3, -0.25) is 14.9 Å². The fourth-order valence-electron chi connectivity index (χ4n) is 2.52. The maximum atomic E-state index is 12.8. The summed E-state index contributed by atoms with van der Waals surface area (Å²) in [6, 6.07) is 1.41. The third-order valence-corrected chi connectivity index (χ3v) is 5.60. The molecule has 24 heavy (non-hydrogen) atoms. The molecule has 11 heteroatoms. The molecule has 10 nitrogen and oxygen atoms in total. The number of non-ortho nitro benzene ring substituents is 1. The minimum atomic E-state index is -4.43. The van der Waals surface area contributed by atoms with Crippen LogP contribution in [0.4, 0.5) is 5.69 Å². The number of carbonyl (C=O) groups is 2. The number of nitro benzene ring substituents is 1. The molecule has 2 rings (SSSR count). The Bertz CT molecular complexity index is 804. The van der Waals surface area contributed by atoms with Crippen molar-refractivity contribution >= 4 is 27.6 Å². The Balaban J connectivity index is 2.63. The lowest BCUT2D eigenvalue weighted by molar-refractivity contribution is -0.385. The van der Waals surface area contributed by atoms with Crippen molar-refractivity contribution < 1.29 is 32.8 Å². The van der Waals surface area contributed by atoms with E-state index in [2.05, 4.69) is 4.74 Å². The lowest BCUT2D eigenvalue weighted by Gasteiger charge is -2.21. The standard InChI is InChI=1S/C13H14N2O8S/c1-23-13(18)9-5-4-8(15(19)20)7-11(9)24(21,22)14-6-2-3-10(14)12(16)17/h4-5,7,10H,2-3,6H2,1H3,(H,16,17). The Morgan fingerprint density at radius 1 is 1.42 bits per heavy atom.